The predicted molar refractivity (Wildman–Crippen MR) is 68.5 cm³/mol. The Hall–Kier alpha value is -1.50. The van der Waals surface area contributed by atoms with Crippen LogP contribution in [0.3, 0.4) is 0 Å². The van der Waals surface area contributed by atoms with Gasteiger partial charge in [-0.2, -0.15) is 0 Å². The lowest BCUT2D eigenvalue weighted by Crippen LogP contribution is -2.03. The van der Waals surface area contributed by atoms with Crippen molar-refractivity contribution in [2.45, 2.75) is 13.3 Å². The van der Waals surface area contributed by atoms with Crippen molar-refractivity contribution in [2.75, 3.05) is 11.9 Å². The number of aryl methyl sites for hydroxylation is 1. The molecule has 0 bridgehead atoms. The van der Waals surface area contributed by atoms with Crippen LogP contribution in [0.25, 0.3) is 11.4 Å². The van der Waals surface area contributed by atoms with E-state index in [1.54, 1.807) is 4.68 Å². The first-order valence-electron chi connectivity index (χ1n) is 5.34. The minimum Gasteiger partial charge on any atom is -0.370 e. The molecule has 0 aliphatic rings. The van der Waals surface area contributed by atoms with Crippen molar-refractivity contribution in [1.82, 2.24) is 25.0 Å². The molecule has 0 saturated carbocycles. The molecule has 0 radical (unpaired) electrons. The van der Waals surface area contributed by atoms with Gasteiger partial charge in [0.15, 0.2) is 4.60 Å². The molecule has 17 heavy (non-hydrogen) atoms. The second-order valence-corrected chi connectivity index (χ2v) is 4.32. The lowest BCUT2D eigenvalue weighted by atomic mass is 10.3. The number of aromatic nitrogens is 5. The van der Waals surface area contributed by atoms with Gasteiger partial charge in [0.2, 0.25) is 0 Å². The summed E-state index contributed by atoms with van der Waals surface area (Å²) in [5.74, 6) is 0.810. The van der Waals surface area contributed by atoms with Crippen molar-refractivity contribution in [3.8, 4) is 11.4 Å². The van der Waals surface area contributed by atoms with Crippen molar-refractivity contribution in [2.24, 2.45) is 7.05 Å². The number of hydrogen-bond donors (Lipinski definition) is 1. The highest BCUT2D eigenvalue weighted by molar-refractivity contribution is 9.10. The summed E-state index contributed by atoms with van der Waals surface area (Å²) in [6.07, 6.45) is 2.59. The van der Waals surface area contributed by atoms with Gasteiger partial charge >= 0.3 is 0 Å². The first kappa shape index (κ1) is 12.0. The molecule has 0 unspecified atom stereocenters. The third kappa shape index (κ3) is 2.60. The van der Waals surface area contributed by atoms with Gasteiger partial charge < -0.3 is 5.32 Å². The van der Waals surface area contributed by atoms with Crippen LogP contribution in [0.15, 0.2) is 17.0 Å². The molecule has 0 aliphatic heterocycles. The number of halogens is 1. The third-order valence-corrected chi connectivity index (χ3v) is 2.79. The molecule has 90 valence electrons. The Bertz CT molecular complexity index is 490. The molecule has 0 saturated heterocycles. The average molecular weight is 297 g/mol. The molecular weight excluding hydrogens is 284 g/mol. The van der Waals surface area contributed by atoms with Crippen LogP contribution in [0, 0.1) is 0 Å². The Morgan fingerprint density at radius 3 is 2.88 bits per heavy atom. The largest absolute Gasteiger partial charge is 0.370 e. The van der Waals surface area contributed by atoms with Gasteiger partial charge in [0, 0.05) is 19.7 Å². The summed E-state index contributed by atoms with van der Waals surface area (Å²) < 4.78 is 2.36. The van der Waals surface area contributed by atoms with Gasteiger partial charge in [-0.25, -0.2) is 14.6 Å². The van der Waals surface area contributed by atoms with Gasteiger partial charge in [-0.1, -0.05) is 12.1 Å². The fourth-order valence-corrected chi connectivity index (χ4v) is 1.97. The maximum absolute atomic E-state index is 4.23. The van der Waals surface area contributed by atoms with Crippen molar-refractivity contribution in [1.29, 1.82) is 0 Å². The van der Waals surface area contributed by atoms with Crippen LogP contribution in [0.1, 0.15) is 13.3 Å². The molecule has 0 aromatic carbocycles. The number of hydrogen-bond acceptors (Lipinski definition) is 5. The molecule has 1 N–H and O–H groups in total. The van der Waals surface area contributed by atoms with Crippen molar-refractivity contribution < 1.29 is 0 Å². The minimum absolute atomic E-state index is 0.681. The fourth-order valence-electron chi connectivity index (χ4n) is 1.44. The maximum atomic E-state index is 4.23. The van der Waals surface area contributed by atoms with Crippen LogP contribution >= 0.6 is 15.9 Å². The standard InChI is InChI=1S/C10H13BrN6/c1-3-4-12-8-5-7(13-6-14-8)9-10(11)15-16-17(9)2/h5-6H,3-4H2,1-2H3,(H,12,13,14). The van der Waals surface area contributed by atoms with E-state index in [9.17, 15) is 0 Å². The van der Waals surface area contributed by atoms with E-state index < -0.39 is 0 Å². The summed E-state index contributed by atoms with van der Waals surface area (Å²) in [7, 11) is 1.83. The summed E-state index contributed by atoms with van der Waals surface area (Å²) in [5, 5.41) is 11.1. The molecule has 2 rings (SSSR count). The average Bonchev–Trinajstić information content (AvgIpc) is 2.67. The second kappa shape index (κ2) is 5.22. The van der Waals surface area contributed by atoms with E-state index >= 15 is 0 Å². The molecule has 6 nitrogen and oxygen atoms in total. The Labute approximate surface area is 108 Å². The van der Waals surface area contributed by atoms with Gasteiger partial charge in [-0.05, 0) is 22.4 Å². The number of rotatable bonds is 4. The predicted octanol–water partition coefficient (Wildman–Crippen LogP) is 1.86. The molecule has 0 atom stereocenters. The highest BCUT2D eigenvalue weighted by Crippen LogP contribution is 2.24. The maximum Gasteiger partial charge on any atom is 0.157 e. The Kier molecular flexibility index (Phi) is 3.68. The molecule has 2 aromatic rings. The van der Waals surface area contributed by atoms with Crippen molar-refractivity contribution in [3.63, 3.8) is 0 Å². The van der Waals surface area contributed by atoms with E-state index in [0.717, 1.165) is 30.2 Å². The van der Waals surface area contributed by atoms with Gasteiger partial charge in [0.05, 0.1) is 5.69 Å². The summed E-state index contributed by atoms with van der Waals surface area (Å²) >= 11 is 3.36. The lowest BCUT2D eigenvalue weighted by molar-refractivity contribution is 0.718. The van der Waals surface area contributed by atoms with Crippen molar-refractivity contribution in [3.05, 3.63) is 17.0 Å². The summed E-state index contributed by atoms with van der Waals surface area (Å²) in [6.45, 7) is 3.00. The molecule has 2 heterocycles. The molecule has 0 spiro atoms. The Morgan fingerprint density at radius 1 is 1.41 bits per heavy atom. The van der Waals surface area contributed by atoms with Gasteiger partial charge in [0.25, 0.3) is 0 Å². The summed E-state index contributed by atoms with van der Waals surface area (Å²) in [5.41, 5.74) is 1.63. The number of nitrogens with zero attached hydrogens (tertiary/aromatic N) is 5. The number of nitrogens with one attached hydrogen (secondary N) is 1. The lowest BCUT2D eigenvalue weighted by Gasteiger charge is -2.05. The fraction of sp³-hybridized carbons (Fsp3) is 0.400. The number of anilines is 1. The quantitative estimate of drug-likeness (QED) is 0.933. The first-order valence-corrected chi connectivity index (χ1v) is 6.13. The first-order chi connectivity index (χ1) is 8.22. The highest BCUT2D eigenvalue weighted by Gasteiger charge is 2.12. The zero-order valence-electron chi connectivity index (χ0n) is 9.68. The minimum atomic E-state index is 0.681. The Morgan fingerprint density at radius 2 is 2.24 bits per heavy atom. The van der Waals surface area contributed by atoms with E-state index in [1.807, 2.05) is 13.1 Å². The van der Waals surface area contributed by atoms with Crippen LogP contribution < -0.4 is 5.32 Å². The van der Waals surface area contributed by atoms with Crippen LogP contribution in [0.2, 0.25) is 0 Å². The van der Waals surface area contributed by atoms with Crippen LogP contribution in [-0.4, -0.2) is 31.5 Å². The van der Waals surface area contributed by atoms with E-state index in [-0.39, 0.29) is 0 Å². The smallest absolute Gasteiger partial charge is 0.157 e. The topological polar surface area (TPSA) is 68.5 Å². The summed E-state index contributed by atoms with van der Waals surface area (Å²) in [6, 6.07) is 1.89. The van der Waals surface area contributed by atoms with Gasteiger partial charge in [-0.3, -0.25) is 0 Å². The summed E-state index contributed by atoms with van der Waals surface area (Å²) in [4.78, 5) is 8.39. The molecule has 2 aromatic heterocycles. The van der Waals surface area contributed by atoms with E-state index in [1.165, 1.54) is 6.33 Å². The SMILES string of the molecule is CCCNc1cc(-c2c(Br)nnn2C)ncn1. The molecule has 0 aliphatic carbocycles. The van der Waals surface area contributed by atoms with E-state index in [0.29, 0.717) is 4.60 Å². The second-order valence-electron chi connectivity index (χ2n) is 3.57. The van der Waals surface area contributed by atoms with Crippen LogP contribution in [0.4, 0.5) is 5.82 Å². The van der Waals surface area contributed by atoms with Crippen molar-refractivity contribution >= 4 is 21.7 Å². The normalized spacial score (nSPS) is 10.5. The molecule has 7 heteroatoms. The molecule has 0 fully saturated rings. The zero-order valence-corrected chi connectivity index (χ0v) is 11.3. The zero-order chi connectivity index (χ0) is 12.3. The van der Waals surface area contributed by atoms with E-state index in [4.69, 9.17) is 0 Å². The highest BCUT2D eigenvalue weighted by atomic mass is 79.9. The van der Waals surface area contributed by atoms with Gasteiger partial charge in [-0.15, -0.1) is 5.10 Å². The van der Waals surface area contributed by atoms with Crippen LogP contribution in [-0.2, 0) is 7.05 Å². The molecular formula is C10H13BrN6. The van der Waals surface area contributed by atoms with E-state index in [2.05, 4.69) is 48.5 Å². The molecule has 0 amide bonds. The Balaban J connectivity index is 2.33. The monoisotopic (exact) mass is 296 g/mol. The third-order valence-electron chi connectivity index (χ3n) is 2.25. The van der Waals surface area contributed by atoms with Gasteiger partial charge in [0.1, 0.15) is 17.8 Å². The van der Waals surface area contributed by atoms with Crippen LogP contribution in [0.5, 0.6) is 0 Å².